The summed E-state index contributed by atoms with van der Waals surface area (Å²) in [5, 5.41) is 3.98. The summed E-state index contributed by atoms with van der Waals surface area (Å²) in [6.45, 7) is 3.18. The van der Waals surface area contributed by atoms with Gasteiger partial charge >= 0.3 is 0 Å². The van der Waals surface area contributed by atoms with Crippen LogP contribution in [0.2, 0.25) is 0 Å². The molecule has 7 nitrogen and oxygen atoms in total. The molecule has 0 aliphatic carbocycles. The molecular formula is C22H24N4O3. The number of benzene rings is 1. The number of piperidine rings is 1. The quantitative estimate of drug-likeness (QED) is 0.661. The number of amides is 1. The van der Waals surface area contributed by atoms with Crippen LogP contribution in [0.1, 0.15) is 41.8 Å². The van der Waals surface area contributed by atoms with Crippen molar-refractivity contribution in [2.75, 3.05) is 20.2 Å². The molecule has 2 aromatic heterocycles. The molecule has 0 unspecified atom stereocenters. The van der Waals surface area contributed by atoms with E-state index in [1.165, 1.54) is 0 Å². The smallest absolute Gasteiger partial charge is 0.256 e. The summed E-state index contributed by atoms with van der Waals surface area (Å²) in [5.74, 6) is 0.736. The molecule has 7 heteroatoms. The molecule has 3 aromatic rings. The molecule has 4 rings (SSSR count). The molecule has 2 atom stereocenters. The molecule has 1 amide bonds. The van der Waals surface area contributed by atoms with Gasteiger partial charge in [0.25, 0.3) is 5.91 Å². The Morgan fingerprint density at radius 1 is 1.31 bits per heavy atom. The predicted octanol–water partition coefficient (Wildman–Crippen LogP) is 3.53. The van der Waals surface area contributed by atoms with Crippen LogP contribution in [0, 0.1) is 6.92 Å². The van der Waals surface area contributed by atoms with Gasteiger partial charge in [0.05, 0.1) is 17.0 Å². The van der Waals surface area contributed by atoms with Crippen LogP contribution in [-0.2, 0) is 9.53 Å². The summed E-state index contributed by atoms with van der Waals surface area (Å²) in [4.78, 5) is 23.8. The number of rotatable bonds is 5. The van der Waals surface area contributed by atoms with Crippen LogP contribution in [0.5, 0.6) is 0 Å². The van der Waals surface area contributed by atoms with Gasteiger partial charge in [-0.05, 0) is 25.3 Å². The fourth-order valence-electron chi connectivity index (χ4n) is 3.92. The Balaban J connectivity index is 1.57. The number of ether oxygens (including phenoxy) is 1. The molecule has 0 radical (unpaired) electrons. The molecule has 1 aliphatic rings. The summed E-state index contributed by atoms with van der Waals surface area (Å²) in [7, 11) is 1.58. The minimum atomic E-state index is -0.600. The van der Waals surface area contributed by atoms with Gasteiger partial charge in [-0.25, -0.2) is 9.97 Å². The van der Waals surface area contributed by atoms with Crippen LogP contribution in [0.25, 0.3) is 11.3 Å². The van der Waals surface area contributed by atoms with Gasteiger partial charge in [0.15, 0.2) is 11.9 Å². The van der Waals surface area contributed by atoms with Crippen LogP contribution in [0.4, 0.5) is 0 Å². The average molecular weight is 392 g/mol. The third-order valence-corrected chi connectivity index (χ3v) is 5.32. The highest BCUT2D eigenvalue weighted by atomic mass is 16.5. The zero-order valence-corrected chi connectivity index (χ0v) is 16.6. The third kappa shape index (κ3) is 4.05. The van der Waals surface area contributed by atoms with Crippen molar-refractivity contribution in [1.82, 2.24) is 20.0 Å². The number of hydrogen-bond acceptors (Lipinski definition) is 6. The van der Waals surface area contributed by atoms with E-state index in [4.69, 9.17) is 9.26 Å². The lowest BCUT2D eigenvalue weighted by Crippen LogP contribution is -2.42. The van der Waals surface area contributed by atoms with Crippen molar-refractivity contribution in [3.8, 4) is 11.3 Å². The summed E-state index contributed by atoms with van der Waals surface area (Å²) in [6.07, 6.45) is 4.55. The minimum Gasteiger partial charge on any atom is -0.367 e. The Labute approximate surface area is 169 Å². The molecule has 1 aromatic carbocycles. The molecule has 1 aliphatic heterocycles. The number of carbonyl (C=O) groups is 1. The van der Waals surface area contributed by atoms with Crippen LogP contribution >= 0.6 is 0 Å². The topological polar surface area (TPSA) is 81.4 Å². The number of aromatic nitrogens is 3. The number of methoxy groups -OCH3 is 1. The van der Waals surface area contributed by atoms with E-state index in [9.17, 15) is 4.79 Å². The van der Waals surface area contributed by atoms with Crippen LogP contribution in [0.3, 0.4) is 0 Å². The molecule has 150 valence electrons. The highest BCUT2D eigenvalue weighted by Gasteiger charge is 2.32. The SMILES string of the molecule is CO[C@@H](C(=O)N1CCC[C@H](c2ncncc2-c2cc(C)no2)C1)c1ccccc1. The standard InChI is InChI=1S/C22H24N4O3/c1-15-11-19(29-25-15)18-12-23-14-24-20(18)17-9-6-10-26(13-17)22(27)21(28-2)16-7-4-3-5-8-16/h3-5,7-8,11-12,14,17,21H,6,9-10,13H2,1-2H3/t17-,21+/m0/s1. The highest BCUT2D eigenvalue weighted by molar-refractivity contribution is 5.82. The van der Waals surface area contributed by atoms with Gasteiger partial charge in [0, 0.05) is 38.4 Å². The van der Waals surface area contributed by atoms with E-state index >= 15 is 0 Å². The van der Waals surface area contributed by atoms with Gasteiger partial charge in [-0.1, -0.05) is 35.5 Å². The minimum absolute atomic E-state index is 0.0190. The second-order valence-electron chi connectivity index (χ2n) is 7.30. The van der Waals surface area contributed by atoms with Crippen LogP contribution in [-0.4, -0.2) is 46.1 Å². The Bertz CT molecular complexity index is 973. The van der Waals surface area contributed by atoms with E-state index in [0.717, 1.165) is 35.4 Å². The molecule has 29 heavy (non-hydrogen) atoms. The highest BCUT2D eigenvalue weighted by Crippen LogP contribution is 2.34. The first kappa shape index (κ1) is 19.3. The largest absolute Gasteiger partial charge is 0.367 e. The monoisotopic (exact) mass is 392 g/mol. The molecule has 0 N–H and O–H groups in total. The molecule has 3 heterocycles. The number of aryl methyl sites for hydroxylation is 1. The Morgan fingerprint density at radius 2 is 2.14 bits per heavy atom. The maximum Gasteiger partial charge on any atom is 0.256 e. The van der Waals surface area contributed by atoms with Crippen molar-refractivity contribution < 1.29 is 14.1 Å². The second kappa shape index (κ2) is 8.53. The van der Waals surface area contributed by atoms with Crippen molar-refractivity contribution in [2.45, 2.75) is 31.8 Å². The molecule has 1 fully saturated rings. The zero-order chi connectivity index (χ0) is 20.2. The summed E-state index contributed by atoms with van der Waals surface area (Å²) in [5.41, 5.74) is 3.39. The normalized spacial score (nSPS) is 17.9. The lowest BCUT2D eigenvalue weighted by molar-refractivity contribution is -0.143. The molecule has 0 spiro atoms. The van der Waals surface area contributed by atoms with Crippen molar-refractivity contribution >= 4 is 5.91 Å². The van der Waals surface area contributed by atoms with Gasteiger partial charge < -0.3 is 14.2 Å². The first-order chi connectivity index (χ1) is 14.2. The third-order valence-electron chi connectivity index (χ3n) is 5.32. The lowest BCUT2D eigenvalue weighted by atomic mass is 9.91. The van der Waals surface area contributed by atoms with Crippen molar-refractivity contribution in [2.24, 2.45) is 0 Å². The summed E-state index contributed by atoms with van der Waals surface area (Å²) in [6, 6.07) is 11.5. The fourth-order valence-corrected chi connectivity index (χ4v) is 3.92. The molecule has 0 bridgehead atoms. The first-order valence-corrected chi connectivity index (χ1v) is 9.77. The molecule has 1 saturated heterocycles. The molecule has 0 saturated carbocycles. The van der Waals surface area contributed by atoms with E-state index in [0.29, 0.717) is 18.8 Å². The lowest BCUT2D eigenvalue weighted by Gasteiger charge is -2.34. The van der Waals surface area contributed by atoms with Gasteiger partial charge in [-0.2, -0.15) is 0 Å². The van der Waals surface area contributed by atoms with Gasteiger partial charge in [-0.15, -0.1) is 0 Å². The first-order valence-electron chi connectivity index (χ1n) is 9.77. The average Bonchev–Trinajstić information content (AvgIpc) is 3.21. The number of likely N-dealkylation sites (tertiary alicyclic amines) is 1. The number of hydrogen-bond donors (Lipinski definition) is 0. The fraction of sp³-hybridized carbons (Fsp3) is 0.364. The van der Waals surface area contributed by atoms with E-state index in [2.05, 4.69) is 15.1 Å². The van der Waals surface area contributed by atoms with Crippen molar-refractivity contribution in [3.05, 3.63) is 65.9 Å². The van der Waals surface area contributed by atoms with E-state index < -0.39 is 6.10 Å². The van der Waals surface area contributed by atoms with Gasteiger partial charge in [0.2, 0.25) is 0 Å². The van der Waals surface area contributed by atoms with Gasteiger partial charge in [-0.3, -0.25) is 4.79 Å². The summed E-state index contributed by atoms with van der Waals surface area (Å²) < 4.78 is 11.0. The molecular weight excluding hydrogens is 368 g/mol. The number of nitrogens with zero attached hydrogens (tertiary/aromatic N) is 4. The van der Waals surface area contributed by atoms with Crippen molar-refractivity contribution in [3.63, 3.8) is 0 Å². The summed E-state index contributed by atoms with van der Waals surface area (Å²) >= 11 is 0. The van der Waals surface area contributed by atoms with E-state index in [1.54, 1.807) is 19.6 Å². The van der Waals surface area contributed by atoms with E-state index in [1.807, 2.05) is 48.2 Å². The number of carbonyl (C=O) groups excluding carboxylic acids is 1. The van der Waals surface area contributed by atoms with Crippen molar-refractivity contribution in [1.29, 1.82) is 0 Å². The Kier molecular flexibility index (Phi) is 5.67. The second-order valence-corrected chi connectivity index (χ2v) is 7.30. The van der Waals surface area contributed by atoms with Crippen LogP contribution < -0.4 is 0 Å². The van der Waals surface area contributed by atoms with Gasteiger partial charge in [0.1, 0.15) is 6.33 Å². The zero-order valence-electron chi connectivity index (χ0n) is 16.6. The Hall–Kier alpha value is -3.06. The predicted molar refractivity (Wildman–Crippen MR) is 107 cm³/mol. The Morgan fingerprint density at radius 3 is 2.86 bits per heavy atom. The van der Waals surface area contributed by atoms with Crippen LogP contribution in [0.15, 0.2) is 53.4 Å². The van der Waals surface area contributed by atoms with E-state index in [-0.39, 0.29) is 11.8 Å². The maximum atomic E-state index is 13.2. The maximum absolute atomic E-state index is 13.2.